The summed E-state index contributed by atoms with van der Waals surface area (Å²) in [6.45, 7) is 0. The van der Waals surface area contributed by atoms with E-state index < -0.39 is 65.8 Å². The van der Waals surface area contributed by atoms with Crippen LogP contribution in [0.3, 0.4) is 0 Å². The molecule has 4 aromatic rings. The van der Waals surface area contributed by atoms with E-state index in [4.69, 9.17) is 32.7 Å². The molecule has 57 heavy (non-hydrogen) atoms. The molecular weight excluding hydrogens is 772 g/mol. The number of halogens is 2. The number of phenols is 1. The Morgan fingerprint density at radius 2 is 1.65 bits per heavy atom. The molecule has 6 atom stereocenters. The average molecular weight is 808 g/mol. The van der Waals surface area contributed by atoms with E-state index in [-0.39, 0.29) is 46.2 Å². The molecule has 3 fully saturated rings. The summed E-state index contributed by atoms with van der Waals surface area (Å²) in [6.07, 6.45) is 5.79. The first-order chi connectivity index (χ1) is 27.4. The number of carbonyl (C=O) groups excluding carboxylic acids is 4. The van der Waals surface area contributed by atoms with Crippen LogP contribution in [0.1, 0.15) is 24.0 Å². The zero-order chi connectivity index (χ0) is 40.3. The second kappa shape index (κ2) is 14.7. The summed E-state index contributed by atoms with van der Waals surface area (Å²) in [5.41, 5.74) is 3.89. The fourth-order valence-corrected chi connectivity index (χ4v) is 9.62. The molecule has 4 N–H and O–H groups in total. The van der Waals surface area contributed by atoms with Crippen LogP contribution in [0.5, 0.6) is 17.2 Å². The third-order valence-corrected chi connectivity index (χ3v) is 12.3. The van der Waals surface area contributed by atoms with Gasteiger partial charge in [0.2, 0.25) is 11.8 Å². The number of methoxy groups -OCH3 is 2. The van der Waals surface area contributed by atoms with Gasteiger partial charge in [-0.1, -0.05) is 77.3 Å². The van der Waals surface area contributed by atoms with Crippen molar-refractivity contribution in [2.75, 3.05) is 24.5 Å². The first kappa shape index (κ1) is 38.3. The van der Waals surface area contributed by atoms with Crippen molar-refractivity contribution in [1.29, 1.82) is 0 Å². The quantitative estimate of drug-likeness (QED) is 0.101. The number of phenolic OH excluding ortho intramolecular Hbond substituents is 1. The Morgan fingerprint density at radius 3 is 2.35 bits per heavy atom. The molecule has 0 unspecified atom stereocenters. The summed E-state index contributed by atoms with van der Waals surface area (Å²) in [6, 6.07) is 22.4. The highest BCUT2D eigenvalue weighted by atomic mass is 35.5. The van der Waals surface area contributed by atoms with Crippen molar-refractivity contribution < 1.29 is 43.8 Å². The summed E-state index contributed by atoms with van der Waals surface area (Å²) < 4.78 is 10.8. The molecule has 2 aliphatic heterocycles. The minimum Gasteiger partial charge on any atom is -0.504 e. The number of benzene rings is 4. The van der Waals surface area contributed by atoms with E-state index in [2.05, 4.69) is 5.43 Å². The number of hydrogen-bond donors (Lipinski definition) is 4. The van der Waals surface area contributed by atoms with Crippen LogP contribution in [0.2, 0.25) is 10.0 Å². The zero-order valence-corrected chi connectivity index (χ0v) is 32.1. The summed E-state index contributed by atoms with van der Waals surface area (Å²) in [4.78, 5) is 60.1. The number of hydrogen-bond acceptors (Lipinski definition) is 10. The predicted molar refractivity (Wildman–Crippen MR) is 214 cm³/mol. The summed E-state index contributed by atoms with van der Waals surface area (Å²) in [7, 11) is 1.15. The largest absolute Gasteiger partial charge is 0.504 e. The number of anilines is 2. The van der Waals surface area contributed by atoms with Gasteiger partial charge in [-0.2, -0.15) is 5.01 Å². The first-order valence-corrected chi connectivity index (χ1v) is 19.0. The minimum absolute atomic E-state index is 0.0513. The molecule has 15 heteroatoms. The molecule has 12 nitrogen and oxygen atoms in total. The highest BCUT2D eigenvalue weighted by Crippen LogP contribution is 2.62. The van der Waals surface area contributed by atoms with E-state index in [1.165, 1.54) is 44.6 Å². The average Bonchev–Trinajstić information content (AvgIpc) is 3.59. The number of aromatic hydroxyl groups is 1. The van der Waals surface area contributed by atoms with E-state index in [1.54, 1.807) is 60.7 Å². The molecule has 2 heterocycles. The van der Waals surface area contributed by atoms with Gasteiger partial charge >= 0.3 is 7.12 Å². The highest BCUT2D eigenvalue weighted by molar-refractivity contribution is 6.58. The van der Waals surface area contributed by atoms with Crippen LogP contribution in [0.25, 0.3) is 6.08 Å². The molecular formula is C42H36BCl2N3O9. The highest BCUT2D eigenvalue weighted by Gasteiger charge is 2.69. The SMILES string of the molecule is COc1ccc([C@@]23C(=O)N(Nc4ccc(Cl)cc4Cl)C(=O)[C@@H]2C[C@@H]2C(=CC[C@@H]4C(=O)N(c5cccc(B(O)O)c5)C(=O)[C@@H]42)[C@@H]3C=Cc2ccc(O)c(OC)c2)cc1. The number of rotatable bonds is 9. The first-order valence-electron chi connectivity index (χ1n) is 18.2. The van der Waals surface area contributed by atoms with Crippen molar-refractivity contribution in [3.8, 4) is 17.2 Å². The van der Waals surface area contributed by atoms with Gasteiger partial charge in [0.15, 0.2) is 11.5 Å². The van der Waals surface area contributed by atoms with Crippen molar-refractivity contribution in [3.63, 3.8) is 0 Å². The molecule has 0 radical (unpaired) electrons. The Kier molecular flexibility index (Phi) is 9.89. The van der Waals surface area contributed by atoms with E-state index >= 15 is 4.79 Å². The molecule has 8 rings (SSSR count). The number of nitrogens with one attached hydrogen (secondary N) is 1. The molecule has 1 saturated carbocycles. The molecule has 0 spiro atoms. The molecule has 290 valence electrons. The number of fused-ring (bicyclic) bond motifs is 4. The lowest BCUT2D eigenvalue weighted by Crippen LogP contribution is -2.54. The van der Waals surface area contributed by atoms with Crippen LogP contribution in [-0.2, 0) is 24.6 Å². The number of nitrogens with zero attached hydrogens (tertiary/aromatic N) is 2. The molecule has 4 aromatic carbocycles. The van der Waals surface area contributed by atoms with Gasteiger partial charge < -0.3 is 24.6 Å². The third-order valence-electron chi connectivity index (χ3n) is 11.8. The normalized spacial score (nSPS) is 25.3. The lowest BCUT2D eigenvalue weighted by atomic mass is 9.50. The van der Waals surface area contributed by atoms with Crippen molar-refractivity contribution in [1.82, 2.24) is 5.01 Å². The van der Waals surface area contributed by atoms with Crippen LogP contribution >= 0.6 is 23.2 Å². The van der Waals surface area contributed by atoms with Crippen molar-refractivity contribution in [2.45, 2.75) is 18.3 Å². The maximum absolute atomic E-state index is 15.4. The fourth-order valence-electron chi connectivity index (χ4n) is 9.17. The molecule has 0 aromatic heterocycles. The Morgan fingerprint density at radius 1 is 0.877 bits per heavy atom. The number of hydrazine groups is 1. The Labute approximate surface area is 338 Å². The van der Waals surface area contributed by atoms with Crippen LogP contribution in [0, 0.1) is 29.6 Å². The van der Waals surface area contributed by atoms with Gasteiger partial charge in [-0.15, -0.1) is 0 Å². The standard InChI is InChI=1S/C42H36BCl2N3O9/c1-56-27-11-8-23(9-12-27)42-31(15-6-22-7-17-35(49)36(18-22)57-2)28-13-14-29-37(40(52)47(38(29)50)26-5-3-4-24(19-26)43(54)55)30(28)21-32(42)39(51)48(41(42)53)46-34-16-10-25(44)20-33(34)45/h3-13,15-20,29-32,37,46,49,54-55H,14,21H2,1-2H3/t29-,30+,31-,32-,37-,42-/m0/s1. The van der Waals surface area contributed by atoms with Gasteiger partial charge in [0.25, 0.3) is 11.8 Å². The van der Waals surface area contributed by atoms with Crippen molar-refractivity contribution >= 4 is 76.9 Å². The monoisotopic (exact) mass is 807 g/mol. The van der Waals surface area contributed by atoms with Gasteiger partial charge in [-0.3, -0.25) is 29.5 Å². The Balaban J connectivity index is 1.30. The summed E-state index contributed by atoms with van der Waals surface area (Å²) >= 11 is 12.7. The molecule has 2 saturated heterocycles. The van der Waals surface area contributed by atoms with E-state index in [1.807, 2.05) is 12.2 Å². The van der Waals surface area contributed by atoms with Gasteiger partial charge in [0, 0.05) is 10.9 Å². The van der Waals surface area contributed by atoms with Gasteiger partial charge in [-0.25, -0.2) is 0 Å². The predicted octanol–water partition coefficient (Wildman–Crippen LogP) is 5.13. The number of allylic oxidation sites excluding steroid dienone is 3. The van der Waals surface area contributed by atoms with Gasteiger partial charge in [0.1, 0.15) is 5.75 Å². The zero-order valence-electron chi connectivity index (χ0n) is 30.6. The number of ether oxygens (including phenoxy) is 2. The van der Waals surface area contributed by atoms with Crippen molar-refractivity contribution in [3.05, 3.63) is 124 Å². The maximum Gasteiger partial charge on any atom is 0.488 e. The van der Waals surface area contributed by atoms with Gasteiger partial charge in [0.05, 0.1) is 53.8 Å². The Hall–Kier alpha value is -5.60. The fraction of sp³-hybridized carbons (Fsp3) is 0.238. The van der Waals surface area contributed by atoms with Crippen LogP contribution in [-0.4, -0.2) is 65.1 Å². The molecule has 4 aliphatic rings. The summed E-state index contributed by atoms with van der Waals surface area (Å²) in [5.74, 6) is -5.46. The maximum atomic E-state index is 15.4. The van der Waals surface area contributed by atoms with Crippen LogP contribution in [0.4, 0.5) is 11.4 Å². The number of amides is 4. The third kappa shape index (κ3) is 6.17. The van der Waals surface area contributed by atoms with Crippen LogP contribution < -0.4 is 25.3 Å². The lowest BCUT2D eigenvalue weighted by molar-refractivity contribution is -0.139. The molecule has 2 aliphatic carbocycles. The smallest absolute Gasteiger partial charge is 0.488 e. The minimum atomic E-state index is -1.82. The van der Waals surface area contributed by atoms with Crippen molar-refractivity contribution in [2.24, 2.45) is 29.6 Å². The van der Waals surface area contributed by atoms with E-state index in [0.717, 1.165) is 15.5 Å². The van der Waals surface area contributed by atoms with Crippen LogP contribution in [0.15, 0.2) is 103 Å². The Bertz CT molecular complexity index is 2390. The second-order valence-electron chi connectivity index (χ2n) is 14.5. The second-order valence-corrected chi connectivity index (χ2v) is 15.4. The molecule has 4 amide bonds. The summed E-state index contributed by atoms with van der Waals surface area (Å²) in [5, 5.41) is 31.6. The topological polar surface area (TPSA) is 166 Å². The van der Waals surface area contributed by atoms with Gasteiger partial charge in [-0.05, 0) is 89.9 Å². The lowest BCUT2D eigenvalue weighted by Gasteiger charge is -2.49. The number of carbonyl (C=O) groups is 4. The van der Waals surface area contributed by atoms with E-state index in [0.29, 0.717) is 21.9 Å². The molecule has 0 bridgehead atoms. The number of imide groups is 2. The van der Waals surface area contributed by atoms with E-state index in [9.17, 15) is 29.5 Å².